The highest BCUT2D eigenvalue weighted by Gasteiger charge is 2.18. The van der Waals surface area contributed by atoms with Gasteiger partial charge in [0.15, 0.2) is 11.6 Å². The number of hydrogen-bond acceptors (Lipinski definition) is 3. The molecule has 1 unspecified atom stereocenters. The predicted octanol–water partition coefficient (Wildman–Crippen LogP) is 1.35. The second-order valence-electron chi connectivity index (χ2n) is 4.01. The van der Waals surface area contributed by atoms with Gasteiger partial charge in [0.1, 0.15) is 0 Å². The maximum absolute atomic E-state index is 13.2. The minimum Gasteiger partial charge on any atom is -0.494 e. The summed E-state index contributed by atoms with van der Waals surface area (Å²) in [5.41, 5.74) is 0.412. The molecule has 2 rings (SSSR count). The van der Waals surface area contributed by atoms with Gasteiger partial charge < -0.3 is 15.4 Å². The van der Waals surface area contributed by atoms with Crippen molar-refractivity contribution in [2.45, 2.75) is 12.5 Å². The van der Waals surface area contributed by atoms with E-state index in [0.717, 1.165) is 19.5 Å². The van der Waals surface area contributed by atoms with E-state index in [9.17, 15) is 9.18 Å². The van der Waals surface area contributed by atoms with Gasteiger partial charge in [-0.1, -0.05) is 0 Å². The summed E-state index contributed by atoms with van der Waals surface area (Å²) in [4.78, 5) is 11.9. The molecule has 100 valence electrons. The lowest BCUT2D eigenvalue weighted by Crippen LogP contribution is -2.36. The summed E-state index contributed by atoms with van der Waals surface area (Å²) in [6.45, 7) is 1.70. The van der Waals surface area contributed by atoms with Crippen molar-refractivity contribution in [2.75, 3.05) is 20.2 Å². The van der Waals surface area contributed by atoms with Gasteiger partial charge in [-0.3, -0.25) is 4.79 Å². The van der Waals surface area contributed by atoms with Gasteiger partial charge in [-0.2, -0.15) is 0 Å². The minimum atomic E-state index is -0.466. The van der Waals surface area contributed by atoms with E-state index in [1.54, 1.807) is 0 Å². The topological polar surface area (TPSA) is 50.4 Å². The number of benzene rings is 1. The van der Waals surface area contributed by atoms with Gasteiger partial charge in [0, 0.05) is 18.2 Å². The first-order valence-corrected chi connectivity index (χ1v) is 5.56. The number of nitrogens with one attached hydrogen (secondary N) is 2. The molecule has 0 aliphatic carbocycles. The molecule has 6 heteroatoms. The molecule has 1 saturated heterocycles. The quantitative estimate of drug-likeness (QED) is 0.875. The molecule has 1 amide bonds. The van der Waals surface area contributed by atoms with Crippen LogP contribution in [-0.4, -0.2) is 32.1 Å². The van der Waals surface area contributed by atoms with Gasteiger partial charge >= 0.3 is 0 Å². The van der Waals surface area contributed by atoms with Gasteiger partial charge in [0.2, 0.25) is 0 Å². The van der Waals surface area contributed by atoms with E-state index >= 15 is 0 Å². The van der Waals surface area contributed by atoms with Crippen molar-refractivity contribution in [1.29, 1.82) is 0 Å². The predicted molar refractivity (Wildman–Crippen MR) is 68.9 cm³/mol. The molecule has 1 aliphatic heterocycles. The number of methoxy groups -OCH3 is 1. The van der Waals surface area contributed by atoms with Crippen molar-refractivity contribution in [3.05, 3.63) is 29.6 Å². The number of halogens is 2. The van der Waals surface area contributed by atoms with Crippen molar-refractivity contribution in [3.8, 4) is 5.75 Å². The van der Waals surface area contributed by atoms with E-state index in [-0.39, 0.29) is 30.1 Å². The van der Waals surface area contributed by atoms with Crippen LogP contribution in [-0.2, 0) is 0 Å². The Balaban J connectivity index is 0.00000162. The molecule has 0 spiro atoms. The Hall–Kier alpha value is -1.33. The summed E-state index contributed by atoms with van der Waals surface area (Å²) >= 11 is 0. The summed E-state index contributed by atoms with van der Waals surface area (Å²) in [6.07, 6.45) is 0.921. The molecule has 18 heavy (non-hydrogen) atoms. The number of ether oxygens (including phenoxy) is 1. The van der Waals surface area contributed by atoms with Crippen LogP contribution in [0.4, 0.5) is 4.39 Å². The SMILES string of the molecule is COc1cc(C(=O)NC2CCNC2)ccc1F.Cl. The summed E-state index contributed by atoms with van der Waals surface area (Å²) in [6, 6.07) is 4.25. The maximum atomic E-state index is 13.2. The number of amides is 1. The van der Waals surface area contributed by atoms with E-state index in [4.69, 9.17) is 4.74 Å². The third-order valence-corrected chi connectivity index (χ3v) is 2.81. The van der Waals surface area contributed by atoms with Crippen LogP contribution in [0.15, 0.2) is 18.2 Å². The van der Waals surface area contributed by atoms with Crippen LogP contribution >= 0.6 is 12.4 Å². The third-order valence-electron chi connectivity index (χ3n) is 2.81. The van der Waals surface area contributed by atoms with Crippen LogP contribution < -0.4 is 15.4 Å². The molecule has 1 fully saturated rings. The smallest absolute Gasteiger partial charge is 0.251 e. The number of rotatable bonds is 3. The number of carbonyl (C=O) groups excluding carboxylic acids is 1. The molecule has 0 bridgehead atoms. The van der Waals surface area contributed by atoms with Gasteiger partial charge in [-0.25, -0.2) is 4.39 Å². The average molecular weight is 275 g/mol. The van der Waals surface area contributed by atoms with Crippen LogP contribution in [0, 0.1) is 5.82 Å². The first kappa shape index (κ1) is 14.7. The monoisotopic (exact) mass is 274 g/mol. The molecule has 0 saturated carbocycles. The molecule has 4 nitrogen and oxygen atoms in total. The fourth-order valence-corrected chi connectivity index (χ4v) is 1.85. The Morgan fingerprint density at radius 3 is 2.94 bits per heavy atom. The Labute approximate surface area is 111 Å². The molecule has 1 heterocycles. The zero-order valence-electron chi connectivity index (χ0n) is 10.0. The molecular formula is C12H16ClFN2O2. The highest BCUT2D eigenvalue weighted by molar-refractivity contribution is 5.94. The van der Waals surface area contributed by atoms with E-state index < -0.39 is 5.82 Å². The summed E-state index contributed by atoms with van der Waals surface area (Å²) in [5.74, 6) is -0.578. The fourth-order valence-electron chi connectivity index (χ4n) is 1.85. The van der Waals surface area contributed by atoms with Crippen molar-refractivity contribution in [3.63, 3.8) is 0 Å². The Kier molecular flexibility index (Phi) is 5.37. The maximum Gasteiger partial charge on any atom is 0.251 e. The first-order chi connectivity index (χ1) is 8.20. The highest BCUT2D eigenvalue weighted by atomic mass is 35.5. The lowest BCUT2D eigenvalue weighted by molar-refractivity contribution is 0.0939. The second kappa shape index (κ2) is 6.56. The zero-order chi connectivity index (χ0) is 12.3. The standard InChI is InChI=1S/C12H15FN2O2.ClH/c1-17-11-6-8(2-3-10(11)13)12(16)15-9-4-5-14-7-9;/h2-3,6,9,14H,4-5,7H2,1H3,(H,15,16);1H. The van der Waals surface area contributed by atoms with Gasteiger partial charge in [-0.15, -0.1) is 12.4 Å². The number of carbonyl (C=O) groups is 1. The molecule has 1 aromatic carbocycles. The van der Waals surface area contributed by atoms with Gasteiger partial charge in [0.05, 0.1) is 7.11 Å². The second-order valence-corrected chi connectivity index (χ2v) is 4.01. The Morgan fingerprint density at radius 2 is 2.33 bits per heavy atom. The normalized spacial score (nSPS) is 18.0. The average Bonchev–Trinajstić information content (AvgIpc) is 2.82. The van der Waals surface area contributed by atoms with Crippen molar-refractivity contribution in [1.82, 2.24) is 10.6 Å². The third kappa shape index (κ3) is 3.34. The largest absolute Gasteiger partial charge is 0.494 e. The van der Waals surface area contributed by atoms with Crippen LogP contribution in [0.5, 0.6) is 5.75 Å². The number of hydrogen-bond donors (Lipinski definition) is 2. The van der Waals surface area contributed by atoms with E-state index in [0.29, 0.717) is 5.56 Å². The van der Waals surface area contributed by atoms with Crippen LogP contribution in [0.1, 0.15) is 16.8 Å². The zero-order valence-corrected chi connectivity index (χ0v) is 10.8. The van der Waals surface area contributed by atoms with E-state index in [1.165, 1.54) is 25.3 Å². The van der Waals surface area contributed by atoms with Crippen molar-refractivity contribution >= 4 is 18.3 Å². The molecule has 0 aromatic heterocycles. The van der Waals surface area contributed by atoms with Crippen molar-refractivity contribution < 1.29 is 13.9 Å². The molecule has 1 aliphatic rings. The Morgan fingerprint density at radius 1 is 1.56 bits per heavy atom. The molecule has 0 radical (unpaired) electrons. The lowest BCUT2D eigenvalue weighted by atomic mass is 10.1. The lowest BCUT2D eigenvalue weighted by Gasteiger charge is -2.12. The molecule has 1 aromatic rings. The van der Waals surface area contributed by atoms with Crippen LogP contribution in [0.25, 0.3) is 0 Å². The van der Waals surface area contributed by atoms with Gasteiger partial charge in [-0.05, 0) is 31.2 Å². The van der Waals surface area contributed by atoms with Crippen LogP contribution in [0.2, 0.25) is 0 Å². The minimum absolute atomic E-state index is 0. The molecule has 2 N–H and O–H groups in total. The molecule has 1 atom stereocenters. The molecular weight excluding hydrogens is 259 g/mol. The van der Waals surface area contributed by atoms with Gasteiger partial charge in [0.25, 0.3) is 5.91 Å². The fraction of sp³-hybridized carbons (Fsp3) is 0.417. The summed E-state index contributed by atoms with van der Waals surface area (Å²) < 4.78 is 18.0. The van der Waals surface area contributed by atoms with E-state index in [2.05, 4.69) is 10.6 Å². The first-order valence-electron chi connectivity index (χ1n) is 5.56. The highest BCUT2D eigenvalue weighted by Crippen LogP contribution is 2.18. The Bertz CT molecular complexity index is 423. The summed E-state index contributed by atoms with van der Waals surface area (Å²) in [5, 5.41) is 6.05. The summed E-state index contributed by atoms with van der Waals surface area (Å²) in [7, 11) is 1.38. The van der Waals surface area contributed by atoms with Crippen molar-refractivity contribution in [2.24, 2.45) is 0 Å². The van der Waals surface area contributed by atoms with Crippen LogP contribution in [0.3, 0.4) is 0 Å². The van der Waals surface area contributed by atoms with E-state index in [1.807, 2.05) is 0 Å².